The molecule has 1 aromatic rings. The maximum absolute atomic E-state index is 11.4. The molecular weight excluding hydrogens is 282 g/mol. The normalized spacial score (nSPS) is 12.5. The lowest BCUT2D eigenvalue weighted by molar-refractivity contribution is -0.384. The molecule has 0 radical (unpaired) electrons. The van der Waals surface area contributed by atoms with Crippen LogP contribution >= 0.6 is 0 Å². The number of rotatable bonds is 8. The minimum atomic E-state index is -0.456. The third-order valence-electron chi connectivity index (χ3n) is 3.60. The van der Waals surface area contributed by atoms with Crippen molar-refractivity contribution in [1.29, 1.82) is 0 Å². The molecule has 0 saturated carbocycles. The van der Waals surface area contributed by atoms with E-state index in [1.54, 1.807) is 12.1 Å². The van der Waals surface area contributed by atoms with E-state index >= 15 is 0 Å². The number of Topliss-reactive ketones (excluding diaryl/α,β-unsaturated/α-hetero) is 1. The fourth-order valence-electron chi connectivity index (χ4n) is 2.30. The molecule has 122 valence electrons. The zero-order valence-corrected chi connectivity index (χ0v) is 13.9. The van der Waals surface area contributed by atoms with Crippen molar-refractivity contribution < 1.29 is 9.72 Å². The molecule has 0 aliphatic carbocycles. The molecule has 1 atom stereocenters. The number of nitro benzene ring substituents is 1. The second-order valence-electron chi connectivity index (χ2n) is 6.17. The highest BCUT2D eigenvalue weighted by molar-refractivity contribution is 5.95. The van der Waals surface area contributed by atoms with Crippen LogP contribution in [-0.4, -0.2) is 42.3 Å². The lowest BCUT2D eigenvalue weighted by atomic mass is 10.0. The summed E-state index contributed by atoms with van der Waals surface area (Å²) in [4.78, 5) is 24.2. The number of hydrogen-bond acceptors (Lipinski definition) is 5. The molecule has 0 heterocycles. The first kappa shape index (κ1) is 18.1. The molecule has 0 fully saturated rings. The number of nitrogens with one attached hydrogen (secondary N) is 1. The van der Waals surface area contributed by atoms with E-state index in [1.807, 2.05) is 14.1 Å². The van der Waals surface area contributed by atoms with E-state index in [0.717, 1.165) is 6.42 Å². The molecule has 1 N–H and O–H groups in total. The topological polar surface area (TPSA) is 75.5 Å². The summed E-state index contributed by atoms with van der Waals surface area (Å²) in [6.45, 7) is 6.32. The lowest BCUT2D eigenvalue weighted by Gasteiger charge is -2.26. The third kappa shape index (κ3) is 5.11. The summed E-state index contributed by atoms with van der Waals surface area (Å²) in [5.74, 6) is 0.366. The average molecular weight is 307 g/mol. The monoisotopic (exact) mass is 307 g/mol. The maximum atomic E-state index is 11.4. The van der Waals surface area contributed by atoms with Crippen LogP contribution in [0.3, 0.4) is 0 Å². The molecule has 0 spiro atoms. The Balaban J connectivity index is 2.92. The Morgan fingerprint density at radius 2 is 2.00 bits per heavy atom. The molecule has 0 bridgehead atoms. The van der Waals surface area contributed by atoms with Crippen molar-refractivity contribution in [2.75, 3.05) is 26.0 Å². The van der Waals surface area contributed by atoms with Gasteiger partial charge in [0.1, 0.15) is 5.69 Å². The van der Waals surface area contributed by atoms with Crippen molar-refractivity contribution in [2.24, 2.45) is 5.92 Å². The molecule has 0 aromatic heterocycles. The van der Waals surface area contributed by atoms with E-state index in [9.17, 15) is 14.9 Å². The van der Waals surface area contributed by atoms with Gasteiger partial charge < -0.3 is 10.2 Å². The van der Waals surface area contributed by atoms with E-state index in [4.69, 9.17) is 0 Å². The molecule has 0 saturated heterocycles. The molecule has 0 amide bonds. The van der Waals surface area contributed by atoms with Crippen LogP contribution < -0.4 is 5.32 Å². The largest absolute Gasteiger partial charge is 0.378 e. The molecule has 0 aliphatic heterocycles. The van der Waals surface area contributed by atoms with Crippen LogP contribution in [0.25, 0.3) is 0 Å². The van der Waals surface area contributed by atoms with Crippen LogP contribution in [0.4, 0.5) is 11.4 Å². The lowest BCUT2D eigenvalue weighted by Crippen LogP contribution is -2.35. The Morgan fingerprint density at radius 1 is 1.36 bits per heavy atom. The van der Waals surface area contributed by atoms with Crippen LogP contribution in [0.1, 0.15) is 37.6 Å². The molecule has 6 nitrogen and oxygen atoms in total. The van der Waals surface area contributed by atoms with Crippen molar-refractivity contribution >= 4 is 17.2 Å². The second-order valence-corrected chi connectivity index (χ2v) is 6.17. The summed E-state index contributed by atoms with van der Waals surface area (Å²) in [6.07, 6.45) is 0.999. The van der Waals surface area contributed by atoms with Gasteiger partial charge in [0.2, 0.25) is 0 Å². The van der Waals surface area contributed by atoms with E-state index in [2.05, 4.69) is 24.1 Å². The summed E-state index contributed by atoms with van der Waals surface area (Å²) in [5, 5.41) is 14.3. The van der Waals surface area contributed by atoms with E-state index < -0.39 is 4.92 Å². The highest BCUT2D eigenvalue weighted by Gasteiger charge is 2.18. The van der Waals surface area contributed by atoms with E-state index in [1.165, 1.54) is 13.0 Å². The standard InChI is InChI=1S/C16H25N3O3/c1-11(2)8-14(18(4)5)10-17-15-7-6-13(12(3)20)9-16(15)19(21)22/h6-7,9,11,14,17H,8,10H2,1-5H3. The number of carbonyl (C=O) groups excluding carboxylic acids is 1. The first-order valence-corrected chi connectivity index (χ1v) is 7.42. The van der Waals surface area contributed by atoms with E-state index in [-0.39, 0.29) is 17.5 Å². The highest BCUT2D eigenvalue weighted by Crippen LogP contribution is 2.26. The van der Waals surface area contributed by atoms with Crippen LogP contribution in [0, 0.1) is 16.0 Å². The molecule has 22 heavy (non-hydrogen) atoms. The number of anilines is 1. The summed E-state index contributed by atoms with van der Waals surface area (Å²) >= 11 is 0. The predicted octanol–water partition coefficient (Wildman–Crippen LogP) is 3.19. The Kier molecular flexibility index (Phi) is 6.49. The first-order valence-electron chi connectivity index (χ1n) is 7.42. The van der Waals surface area contributed by atoms with Gasteiger partial charge in [-0.15, -0.1) is 0 Å². The Hall–Kier alpha value is -1.95. The highest BCUT2D eigenvalue weighted by atomic mass is 16.6. The van der Waals surface area contributed by atoms with Crippen LogP contribution in [0.2, 0.25) is 0 Å². The smallest absolute Gasteiger partial charge is 0.293 e. The SMILES string of the molecule is CC(=O)c1ccc(NCC(CC(C)C)N(C)C)c([N+](=O)[O-])c1. The molecule has 0 aliphatic rings. The van der Waals surface area contributed by atoms with Gasteiger partial charge in [-0.05, 0) is 45.5 Å². The fourth-order valence-corrected chi connectivity index (χ4v) is 2.30. The fraction of sp³-hybridized carbons (Fsp3) is 0.562. The van der Waals surface area contributed by atoms with Crippen molar-refractivity contribution in [2.45, 2.75) is 33.2 Å². The quantitative estimate of drug-likeness (QED) is 0.453. The molecular formula is C16H25N3O3. The third-order valence-corrected chi connectivity index (χ3v) is 3.60. The number of carbonyl (C=O) groups is 1. The van der Waals surface area contributed by atoms with Crippen molar-refractivity contribution in [3.05, 3.63) is 33.9 Å². The van der Waals surface area contributed by atoms with Gasteiger partial charge in [0.15, 0.2) is 5.78 Å². The van der Waals surface area contributed by atoms with Crippen molar-refractivity contribution in [3.63, 3.8) is 0 Å². The predicted molar refractivity (Wildman–Crippen MR) is 88.5 cm³/mol. The van der Waals surface area contributed by atoms with Gasteiger partial charge in [0.05, 0.1) is 4.92 Å². The number of benzene rings is 1. The summed E-state index contributed by atoms with van der Waals surface area (Å²) in [7, 11) is 4.00. The van der Waals surface area contributed by atoms with Gasteiger partial charge >= 0.3 is 0 Å². The van der Waals surface area contributed by atoms with Gasteiger partial charge in [0, 0.05) is 24.2 Å². The second kappa shape index (κ2) is 7.89. The number of nitro groups is 1. The van der Waals surface area contributed by atoms with E-state index in [0.29, 0.717) is 23.7 Å². The summed E-state index contributed by atoms with van der Waals surface area (Å²) < 4.78 is 0. The zero-order valence-electron chi connectivity index (χ0n) is 13.9. The Labute approximate surface area is 131 Å². The minimum absolute atomic E-state index is 0.0604. The van der Waals surface area contributed by atoms with Crippen molar-refractivity contribution in [1.82, 2.24) is 4.90 Å². The molecule has 1 unspecified atom stereocenters. The summed E-state index contributed by atoms with van der Waals surface area (Å²) in [5.41, 5.74) is 0.740. The molecule has 6 heteroatoms. The number of ketones is 1. The van der Waals surface area contributed by atoms with Gasteiger partial charge in [0.25, 0.3) is 5.69 Å². The van der Waals surface area contributed by atoms with Gasteiger partial charge in [-0.1, -0.05) is 13.8 Å². The van der Waals surface area contributed by atoms with Crippen LogP contribution in [0.5, 0.6) is 0 Å². The molecule has 1 aromatic carbocycles. The Bertz CT molecular complexity index is 541. The van der Waals surface area contributed by atoms with Crippen molar-refractivity contribution in [3.8, 4) is 0 Å². The average Bonchev–Trinajstić information content (AvgIpc) is 2.42. The Morgan fingerprint density at radius 3 is 2.45 bits per heavy atom. The van der Waals surface area contributed by atoms with Gasteiger partial charge in [-0.25, -0.2) is 0 Å². The number of nitrogens with zero attached hydrogens (tertiary/aromatic N) is 2. The van der Waals surface area contributed by atoms with Crippen LogP contribution in [-0.2, 0) is 0 Å². The minimum Gasteiger partial charge on any atom is -0.378 e. The first-order chi connectivity index (χ1) is 10.2. The number of likely N-dealkylation sites (N-methyl/N-ethyl adjacent to an activating group) is 1. The zero-order chi connectivity index (χ0) is 16.9. The maximum Gasteiger partial charge on any atom is 0.293 e. The van der Waals surface area contributed by atoms with Gasteiger partial charge in [-0.3, -0.25) is 14.9 Å². The molecule has 1 rings (SSSR count). The number of hydrogen-bond donors (Lipinski definition) is 1. The van der Waals surface area contributed by atoms with Gasteiger partial charge in [-0.2, -0.15) is 0 Å². The van der Waals surface area contributed by atoms with Crippen LogP contribution in [0.15, 0.2) is 18.2 Å². The summed E-state index contributed by atoms with van der Waals surface area (Å²) in [6, 6.07) is 4.84.